The lowest BCUT2D eigenvalue weighted by molar-refractivity contribution is 0.321. The first-order valence-corrected chi connectivity index (χ1v) is 9.64. The van der Waals surface area contributed by atoms with Crippen LogP contribution >= 0.6 is 0 Å². The molecule has 1 unspecified atom stereocenters. The summed E-state index contributed by atoms with van der Waals surface area (Å²) >= 11 is 0. The van der Waals surface area contributed by atoms with Gasteiger partial charge < -0.3 is 24.5 Å². The topological polar surface area (TPSA) is 71.3 Å². The summed E-state index contributed by atoms with van der Waals surface area (Å²) in [6.07, 6.45) is 3.62. The van der Waals surface area contributed by atoms with Crippen LogP contribution in [0.5, 0.6) is 11.5 Å². The lowest BCUT2D eigenvalue weighted by atomic mass is 10.2. The number of nitrogens with zero attached hydrogens (tertiary/aromatic N) is 2. The number of hydrogen-bond acceptors (Lipinski definition) is 5. The van der Waals surface area contributed by atoms with Gasteiger partial charge in [0.05, 0.1) is 20.5 Å². The number of furan rings is 1. The van der Waals surface area contributed by atoms with E-state index in [-0.39, 0.29) is 0 Å². The first-order chi connectivity index (χ1) is 13.7. The number of aliphatic imine (C=N–C) groups is 1. The number of benzene rings is 1. The molecule has 0 saturated carbocycles. The summed E-state index contributed by atoms with van der Waals surface area (Å²) in [6, 6.07) is 10.3. The van der Waals surface area contributed by atoms with E-state index in [4.69, 9.17) is 13.9 Å². The van der Waals surface area contributed by atoms with Crippen LogP contribution < -0.4 is 20.1 Å². The molecule has 1 saturated heterocycles. The largest absolute Gasteiger partial charge is 0.497 e. The predicted octanol–water partition coefficient (Wildman–Crippen LogP) is 2.28. The fourth-order valence-corrected chi connectivity index (χ4v) is 3.46. The van der Waals surface area contributed by atoms with E-state index >= 15 is 0 Å². The van der Waals surface area contributed by atoms with Crippen LogP contribution in [0.15, 0.2) is 46.0 Å². The minimum atomic E-state index is 0.377. The molecule has 1 aromatic heterocycles. The van der Waals surface area contributed by atoms with Crippen LogP contribution in [-0.2, 0) is 13.0 Å². The molecule has 0 radical (unpaired) electrons. The highest BCUT2D eigenvalue weighted by atomic mass is 16.5. The summed E-state index contributed by atoms with van der Waals surface area (Å²) < 4.78 is 16.1. The first kappa shape index (κ1) is 20.1. The van der Waals surface area contributed by atoms with Gasteiger partial charge >= 0.3 is 0 Å². The van der Waals surface area contributed by atoms with Gasteiger partial charge in [-0.1, -0.05) is 0 Å². The van der Waals surface area contributed by atoms with Gasteiger partial charge in [0.2, 0.25) is 0 Å². The van der Waals surface area contributed by atoms with Gasteiger partial charge in [-0.15, -0.1) is 0 Å². The molecule has 0 amide bonds. The van der Waals surface area contributed by atoms with Crippen molar-refractivity contribution in [2.75, 3.05) is 40.9 Å². The third-order valence-corrected chi connectivity index (χ3v) is 4.90. The quantitative estimate of drug-likeness (QED) is 0.536. The normalized spacial score (nSPS) is 17.5. The number of nitrogens with one attached hydrogen (secondary N) is 2. The lowest BCUT2D eigenvalue weighted by Crippen LogP contribution is -2.45. The van der Waals surface area contributed by atoms with Crippen molar-refractivity contribution < 1.29 is 13.9 Å². The van der Waals surface area contributed by atoms with Crippen molar-refractivity contribution in [3.05, 3.63) is 47.9 Å². The maximum atomic E-state index is 5.37. The van der Waals surface area contributed by atoms with E-state index in [2.05, 4.69) is 32.7 Å². The molecular formula is C21H30N4O3. The van der Waals surface area contributed by atoms with E-state index in [1.807, 2.05) is 18.2 Å². The van der Waals surface area contributed by atoms with Crippen molar-refractivity contribution >= 4 is 5.96 Å². The maximum Gasteiger partial charge on any atom is 0.191 e. The molecule has 2 aromatic rings. The van der Waals surface area contributed by atoms with E-state index in [0.717, 1.165) is 62.2 Å². The first-order valence-electron chi connectivity index (χ1n) is 9.64. The molecule has 2 heterocycles. The standard InChI is InChI=1S/C21H30N4O3/c1-22-21(23-8-6-18-5-4-10-28-18)24-17-7-9-25(15-17)14-16-11-19(26-2)13-20(12-16)27-3/h4-5,10-13,17H,6-9,14-15H2,1-3H3,(H2,22,23,24). The predicted molar refractivity (Wildman–Crippen MR) is 110 cm³/mol. The van der Waals surface area contributed by atoms with Crippen molar-refractivity contribution in [2.45, 2.75) is 25.4 Å². The molecule has 0 aliphatic carbocycles. The van der Waals surface area contributed by atoms with Crippen LogP contribution in [0, 0.1) is 0 Å². The number of methoxy groups -OCH3 is 2. The number of likely N-dealkylation sites (tertiary alicyclic amines) is 1. The molecule has 0 bridgehead atoms. The molecule has 1 atom stereocenters. The highest BCUT2D eigenvalue weighted by Gasteiger charge is 2.23. The zero-order valence-corrected chi connectivity index (χ0v) is 16.9. The molecule has 2 N–H and O–H groups in total. The Labute approximate surface area is 166 Å². The summed E-state index contributed by atoms with van der Waals surface area (Å²) in [7, 11) is 5.16. The monoisotopic (exact) mass is 386 g/mol. The van der Waals surface area contributed by atoms with Crippen LogP contribution in [-0.4, -0.2) is 57.8 Å². The highest BCUT2D eigenvalue weighted by Crippen LogP contribution is 2.24. The minimum absolute atomic E-state index is 0.377. The number of guanidine groups is 1. The van der Waals surface area contributed by atoms with Gasteiger partial charge in [0.25, 0.3) is 0 Å². The molecular weight excluding hydrogens is 356 g/mol. The third-order valence-electron chi connectivity index (χ3n) is 4.90. The highest BCUT2D eigenvalue weighted by molar-refractivity contribution is 5.80. The zero-order valence-electron chi connectivity index (χ0n) is 16.9. The van der Waals surface area contributed by atoms with E-state index in [9.17, 15) is 0 Å². The Balaban J connectivity index is 1.46. The molecule has 1 aromatic carbocycles. The zero-order chi connectivity index (χ0) is 19.8. The smallest absolute Gasteiger partial charge is 0.191 e. The van der Waals surface area contributed by atoms with E-state index in [1.54, 1.807) is 27.5 Å². The number of rotatable bonds is 8. The van der Waals surface area contributed by atoms with Crippen molar-refractivity contribution in [3.8, 4) is 11.5 Å². The summed E-state index contributed by atoms with van der Waals surface area (Å²) in [5.74, 6) is 3.46. The number of hydrogen-bond donors (Lipinski definition) is 2. The molecule has 152 valence electrons. The van der Waals surface area contributed by atoms with Crippen LogP contribution in [0.1, 0.15) is 17.7 Å². The summed E-state index contributed by atoms with van der Waals surface area (Å²) in [5.41, 5.74) is 1.19. The van der Waals surface area contributed by atoms with E-state index < -0.39 is 0 Å². The molecule has 7 heteroatoms. The van der Waals surface area contributed by atoms with Crippen LogP contribution in [0.2, 0.25) is 0 Å². The summed E-state index contributed by atoms with van der Waals surface area (Å²) in [4.78, 5) is 6.77. The minimum Gasteiger partial charge on any atom is -0.497 e. The van der Waals surface area contributed by atoms with Gasteiger partial charge in [-0.05, 0) is 36.2 Å². The van der Waals surface area contributed by atoms with Crippen molar-refractivity contribution in [3.63, 3.8) is 0 Å². The van der Waals surface area contributed by atoms with Crippen molar-refractivity contribution in [2.24, 2.45) is 4.99 Å². The Kier molecular flexibility index (Phi) is 7.19. The lowest BCUT2D eigenvalue weighted by Gasteiger charge is -2.19. The maximum absolute atomic E-state index is 5.37. The van der Waals surface area contributed by atoms with Gasteiger partial charge in [0.1, 0.15) is 17.3 Å². The van der Waals surface area contributed by atoms with Gasteiger partial charge in [0, 0.05) is 51.8 Å². The molecule has 1 aliphatic heterocycles. The molecule has 28 heavy (non-hydrogen) atoms. The third kappa shape index (κ3) is 5.66. The molecule has 7 nitrogen and oxygen atoms in total. The fraction of sp³-hybridized carbons (Fsp3) is 0.476. The Morgan fingerprint density at radius 2 is 2.04 bits per heavy atom. The Morgan fingerprint density at radius 3 is 2.68 bits per heavy atom. The van der Waals surface area contributed by atoms with Crippen molar-refractivity contribution in [1.29, 1.82) is 0 Å². The molecule has 0 spiro atoms. The Bertz CT molecular complexity index is 739. The van der Waals surface area contributed by atoms with Crippen LogP contribution in [0.4, 0.5) is 0 Å². The fourth-order valence-electron chi connectivity index (χ4n) is 3.46. The summed E-state index contributed by atoms with van der Waals surface area (Å²) in [5, 5.41) is 6.88. The average Bonchev–Trinajstić information content (AvgIpc) is 3.39. The summed E-state index contributed by atoms with van der Waals surface area (Å²) in [6.45, 7) is 3.67. The number of ether oxygens (including phenoxy) is 2. The average molecular weight is 386 g/mol. The van der Waals surface area contributed by atoms with E-state index in [1.165, 1.54) is 5.56 Å². The second kappa shape index (κ2) is 10.0. The SMILES string of the molecule is CN=C(NCCc1ccco1)NC1CCN(Cc2cc(OC)cc(OC)c2)C1. The Hall–Kier alpha value is -2.67. The van der Waals surface area contributed by atoms with Gasteiger partial charge in [-0.25, -0.2) is 0 Å². The second-order valence-corrected chi connectivity index (χ2v) is 6.91. The van der Waals surface area contributed by atoms with E-state index in [0.29, 0.717) is 6.04 Å². The molecule has 1 aliphatic rings. The Morgan fingerprint density at radius 1 is 1.25 bits per heavy atom. The van der Waals surface area contributed by atoms with Crippen LogP contribution in [0.3, 0.4) is 0 Å². The second-order valence-electron chi connectivity index (χ2n) is 6.91. The van der Waals surface area contributed by atoms with Gasteiger partial charge in [0.15, 0.2) is 5.96 Å². The van der Waals surface area contributed by atoms with Crippen molar-refractivity contribution in [1.82, 2.24) is 15.5 Å². The molecule has 1 fully saturated rings. The molecule has 3 rings (SSSR count). The van der Waals surface area contributed by atoms with Crippen LogP contribution in [0.25, 0.3) is 0 Å². The van der Waals surface area contributed by atoms with Gasteiger partial charge in [-0.2, -0.15) is 0 Å². The van der Waals surface area contributed by atoms with Gasteiger partial charge in [-0.3, -0.25) is 9.89 Å².